The molecule has 0 unspecified atom stereocenters. The van der Waals surface area contributed by atoms with Crippen LogP contribution in [0.1, 0.15) is 0 Å². The third-order valence-electron chi connectivity index (χ3n) is 3.06. The Hall–Kier alpha value is -2.25. The van der Waals surface area contributed by atoms with E-state index >= 15 is 0 Å². The van der Waals surface area contributed by atoms with Gasteiger partial charge in [0.05, 0.1) is 0 Å². The lowest BCUT2D eigenvalue weighted by molar-refractivity contribution is 0.624. The highest BCUT2D eigenvalue weighted by Crippen LogP contribution is 2.36. The summed E-state index contributed by atoms with van der Waals surface area (Å²) in [5.41, 5.74) is 0. The second-order valence-electron chi connectivity index (χ2n) is 4.65. The van der Waals surface area contributed by atoms with Crippen molar-refractivity contribution in [1.82, 2.24) is 0 Å². The summed E-state index contributed by atoms with van der Waals surface area (Å²) in [6, 6.07) is 21.8. The van der Waals surface area contributed by atoms with Gasteiger partial charge in [-0.2, -0.15) is 0 Å². The minimum Gasteiger partial charge on any atom is -0.464 e. The van der Waals surface area contributed by atoms with Crippen LogP contribution < -0.4 is 15.1 Å². The SMILES string of the molecule is Fc1ccc(P(Oc2ccccc2)c2ccc(F)cc2)cc1. The summed E-state index contributed by atoms with van der Waals surface area (Å²) < 4.78 is 32.4. The molecule has 0 spiro atoms. The van der Waals surface area contributed by atoms with Gasteiger partial charge in [0.25, 0.3) is 0 Å². The summed E-state index contributed by atoms with van der Waals surface area (Å²) in [6.45, 7) is 0. The van der Waals surface area contributed by atoms with Gasteiger partial charge in [-0.15, -0.1) is 0 Å². The van der Waals surface area contributed by atoms with Crippen LogP contribution >= 0.6 is 8.15 Å². The Morgan fingerprint density at radius 1 is 0.591 bits per heavy atom. The average molecular weight is 314 g/mol. The van der Waals surface area contributed by atoms with Crippen LogP contribution in [0, 0.1) is 11.6 Å². The molecule has 0 aliphatic heterocycles. The summed E-state index contributed by atoms with van der Waals surface area (Å²) in [5.74, 6) is 0.136. The van der Waals surface area contributed by atoms with E-state index in [-0.39, 0.29) is 11.6 Å². The molecule has 1 nitrogen and oxygen atoms in total. The molecule has 0 N–H and O–H groups in total. The number of rotatable bonds is 4. The van der Waals surface area contributed by atoms with Gasteiger partial charge in [0, 0.05) is 10.6 Å². The molecule has 0 aliphatic carbocycles. The molecule has 0 amide bonds. The van der Waals surface area contributed by atoms with Gasteiger partial charge in [0.2, 0.25) is 0 Å². The third kappa shape index (κ3) is 3.49. The molecular formula is C18H13F2OP. The van der Waals surface area contributed by atoms with Crippen molar-refractivity contribution in [2.75, 3.05) is 0 Å². The molecule has 3 aromatic rings. The highest BCUT2D eigenvalue weighted by Gasteiger charge is 2.17. The average Bonchev–Trinajstić information content (AvgIpc) is 2.56. The topological polar surface area (TPSA) is 9.23 Å². The van der Waals surface area contributed by atoms with Crippen molar-refractivity contribution >= 4 is 18.8 Å². The summed E-state index contributed by atoms with van der Waals surface area (Å²) >= 11 is 0. The van der Waals surface area contributed by atoms with Gasteiger partial charge < -0.3 is 4.52 Å². The van der Waals surface area contributed by atoms with Crippen LogP contribution in [-0.2, 0) is 0 Å². The molecule has 0 radical (unpaired) electrons. The highest BCUT2D eigenvalue weighted by atomic mass is 31.1. The maximum atomic E-state index is 13.1. The summed E-state index contributed by atoms with van der Waals surface area (Å²) in [7, 11) is -1.19. The number of hydrogen-bond donors (Lipinski definition) is 0. The highest BCUT2D eigenvalue weighted by molar-refractivity contribution is 7.68. The Balaban J connectivity index is 1.97. The molecule has 0 aromatic heterocycles. The molecule has 0 saturated carbocycles. The lowest BCUT2D eigenvalue weighted by Crippen LogP contribution is -2.15. The van der Waals surface area contributed by atoms with Crippen LogP contribution in [0.25, 0.3) is 0 Å². The van der Waals surface area contributed by atoms with E-state index in [0.29, 0.717) is 0 Å². The molecule has 0 aliphatic rings. The predicted octanol–water partition coefficient (Wildman–Crippen LogP) is 4.39. The minimum atomic E-state index is -1.19. The zero-order chi connectivity index (χ0) is 15.4. The lowest BCUT2D eigenvalue weighted by atomic mass is 10.3. The van der Waals surface area contributed by atoms with Gasteiger partial charge >= 0.3 is 0 Å². The number of benzene rings is 3. The first-order valence-electron chi connectivity index (χ1n) is 6.77. The molecule has 110 valence electrons. The van der Waals surface area contributed by atoms with Gasteiger partial charge in [-0.3, -0.25) is 0 Å². The van der Waals surface area contributed by atoms with Gasteiger partial charge in [0.15, 0.2) is 8.15 Å². The molecule has 0 saturated heterocycles. The molecule has 0 bridgehead atoms. The van der Waals surface area contributed by atoms with Crippen molar-refractivity contribution < 1.29 is 13.3 Å². The van der Waals surface area contributed by atoms with E-state index in [2.05, 4.69) is 0 Å². The van der Waals surface area contributed by atoms with E-state index in [9.17, 15) is 8.78 Å². The van der Waals surface area contributed by atoms with Crippen molar-refractivity contribution in [2.45, 2.75) is 0 Å². The van der Waals surface area contributed by atoms with Gasteiger partial charge in [-0.25, -0.2) is 8.78 Å². The maximum Gasteiger partial charge on any atom is 0.150 e. The van der Waals surface area contributed by atoms with Crippen LogP contribution in [-0.4, -0.2) is 0 Å². The van der Waals surface area contributed by atoms with Crippen molar-refractivity contribution in [3.8, 4) is 5.75 Å². The molecular weight excluding hydrogens is 301 g/mol. The number of halogens is 2. The number of hydrogen-bond acceptors (Lipinski definition) is 1. The maximum absolute atomic E-state index is 13.1. The second kappa shape index (κ2) is 6.67. The third-order valence-corrected chi connectivity index (χ3v) is 4.99. The Morgan fingerprint density at radius 2 is 1.05 bits per heavy atom. The Bertz CT molecular complexity index is 682. The van der Waals surface area contributed by atoms with E-state index in [0.717, 1.165) is 16.4 Å². The van der Waals surface area contributed by atoms with Crippen molar-refractivity contribution in [3.63, 3.8) is 0 Å². The second-order valence-corrected chi connectivity index (χ2v) is 6.46. The van der Waals surface area contributed by atoms with E-state index < -0.39 is 8.15 Å². The summed E-state index contributed by atoms with van der Waals surface area (Å²) in [6.07, 6.45) is 0. The zero-order valence-electron chi connectivity index (χ0n) is 11.6. The van der Waals surface area contributed by atoms with E-state index in [1.54, 1.807) is 24.3 Å². The van der Waals surface area contributed by atoms with Crippen molar-refractivity contribution in [1.29, 1.82) is 0 Å². The Labute approximate surface area is 129 Å². The molecule has 3 rings (SSSR count). The first kappa shape index (κ1) is 14.7. The first-order valence-corrected chi connectivity index (χ1v) is 8.02. The van der Waals surface area contributed by atoms with Gasteiger partial charge in [0.1, 0.15) is 17.4 Å². The fraction of sp³-hybridized carbons (Fsp3) is 0. The van der Waals surface area contributed by atoms with Crippen LogP contribution in [0.15, 0.2) is 78.9 Å². The van der Waals surface area contributed by atoms with E-state index in [1.807, 2.05) is 30.3 Å². The van der Waals surface area contributed by atoms with Crippen LogP contribution in [0.3, 0.4) is 0 Å². The molecule has 0 atom stereocenters. The van der Waals surface area contributed by atoms with Crippen LogP contribution in [0.5, 0.6) is 5.75 Å². The van der Waals surface area contributed by atoms with Gasteiger partial charge in [-0.1, -0.05) is 18.2 Å². The van der Waals surface area contributed by atoms with Crippen molar-refractivity contribution in [2.24, 2.45) is 0 Å². The normalized spacial score (nSPS) is 10.7. The van der Waals surface area contributed by atoms with E-state index in [4.69, 9.17) is 4.52 Å². The quantitative estimate of drug-likeness (QED) is 0.649. The Kier molecular flexibility index (Phi) is 4.45. The van der Waals surface area contributed by atoms with Crippen LogP contribution in [0.2, 0.25) is 0 Å². The number of para-hydroxylation sites is 1. The zero-order valence-corrected chi connectivity index (χ0v) is 12.5. The molecule has 3 aromatic carbocycles. The van der Waals surface area contributed by atoms with E-state index in [1.165, 1.54) is 24.3 Å². The molecule has 4 heteroatoms. The van der Waals surface area contributed by atoms with Crippen LogP contribution in [0.4, 0.5) is 8.78 Å². The molecule has 0 heterocycles. The summed E-state index contributed by atoms with van der Waals surface area (Å²) in [4.78, 5) is 0. The monoisotopic (exact) mass is 314 g/mol. The fourth-order valence-corrected chi connectivity index (χ4v) is 3.68. The smallest absolute Gasteiger partial charge is 0.150 e. The Morgan fingerprint density at radius 3 is 1.50 bits per heavy atom. The van der Waals surface area contributed by atoms with Crippen molar-refractivity contribution in [3.05, 3.63) is 90.5 Å². The minimum absolute atomic E-state index is 0.294. The molecule has 22 heavy (non-hydrogen) atoms. The fourth-order valence-electron chi connectivity index (χ4n) is 1.99. The lowest BCUT2D eigenvalue weighted by Gasteiger charge is -2.19. The largest absolute Gasteiger partial charge is 0.464 e. The standard InChI is InChI=1S/C18H13F2OP/c19-14-6-10-17(11-7-14)22(18-12-8-15(20)9-13-18)21-16-4-2-1-3-5-16/h1-13H. The summed E-state index contributed by atoms with van der Waals surface area (Å²) in [5, 5.41) is 1.73. The van der Waals surface area contributed by atoms with Gasteiger partial charge in [-0.05, 0) is 60.7 Å². The predicted molar refractivity (Wildman–Crippen MR) is 86.1 cm³/mol. The molecule has 0 fully saturated rings. The first-order chi connectivity index (χ1) is 10.7.